The third-order valence-electron chi connectivity index (χ3n) is 6.28. The first-order valence-electron chi connectivity index (χ1n) is 13.3. The molecule has 0 saturated carbocycles. The Labute approximate surface area is 245 Å². The second kappa shape index (κ2) is 15.0. The molecule has 0 radical (unpaired) electrons. The maximum atomic E-state index is 13.1. The van der Waals surface area contributed by atoms with Crippen molar-refractivity contribution in [1.29, 1.82) is 0 Å². The normalized spacial score (nSPS) is 10.7. The second-order valence-electron chi connectivity index (χ2n) is 9.93. The number of thiazole rings is 1. The highest BCUT2D eigenvalue weighted by atomic mass is 32.1. The summed E-state index contributed by atoms with van der Waals surface area (Å²) in [6.45, 7) is 4.81. The number of methoxy groups -OCH3 is 3. The van der Waals surface area contributed by atoms with Crippen LogP contribution in [0, 0.1) is 5.92 Å². The fourth-order valence-electron chi connectivity index (χ4n) is 4.10. The van der Waals surface area contributed by atoms with Crippen LogP contribution in [-0.2, 0) is 22.4 Å². The van der Waals surface area contributed by atoms with Crippen LogP contribution in [0.1, 0.15) is 35.5 Å². The number of anilines is 1. The van der Waals surface area contributed by atoms with Crippen LogP contribution in [0.3, 0.4) is 0 Å². The molecule has 1 N–H and O–H groups in total. The highest BCUT2D eigenvalue weighted by Gasteiger charge is 2.21. The van der Waals surface area contributed by atoms with E-state index in [4.69, 9.17) is 14.2 Å². The van der Waals surface area contributed by atoms with E-state index >= 15 is 0 Å². The molecular formula is C30H38N4O6S. The van der Waals surface area contributed by atoms with Crippen LogP contribution in [0.15, 0.2) is 47.8 Å². The van der Waals surface area contributed by atoms with Gasteiger partial charge in [-0.2, -0.15) is 0 Å². The van der Waals surface area contributed by atoms with Crippen LogP contribution >= 0.6 is 11.3 Å². The average Bonchev–Trinajstić information content (AvgIpc) is 3.40. The minimum Gasteiger partial charge on any atom is -0.497 e. The molecule has 0 unspecified atom stereocenters. The molecular weight excluding hydrogens is 544 g/mol. The van der Waals surface area contributed by atoms with Gasteiger partial charge in [0.15, 0.2) is 16.6 Å². The van der Waals surface area contributed by atoms with Crippen molar-refractivity contribution in [1.82, 2.24) is 14.8 Å². The fraction of sp³-hybridized carbons (Fsp3) is 0.400. The zero-order valence-electron chi connectivity index (χ0n) is 24.4. The van der Waals surface area contributed by atoms with Gasteiger partial charge in [0.1, 0.15) is 12.3 Å². The molecule has 3 rings (SSSR count). The molecule has 0 saturated heterocycles. The smallest absolute Gasteiger partial charge is 0.254 e. The molecule has 1 heterocycles. The topological polar surface area (TPSA) is 110 Å². The molecule has 10 nitrogen and oxygen atoms in total. The number of carbonyl (C=O) groups excluding carboxylic acids is 3. The summed E-state index contributed by atoms with van der Waals surface area (Å²) < 4.78 is 15.8. The lowest BCUT2D eigenvalue weighted by Gasteiger charge is -2.24. The number of carbonyl (C=O) groups is 3. The van der Waals surface area contributed by atoms with E-state index in [1.54, 1.807) is 62.9 Å². The molecule has 11 heteroatoms. The summed E-state index contributed by atoms with van der Waals surface area (Å²) in [5.74, 6) is 1.45. The van der Waals surface area contributed by atoms with Crippen LogP contribution in [0.25, 0.3) is 0 Å². The zero-order valence-corrected chi connectivity index (χ0v) is 25.2. The zero-order chi connectivity index (χ0) is 29.9. The number of aromatic nitrogens is 1. The lowest BCUT2D eigenvalue weighted by atomic mass is 10.1. The van der Waals surface area contributed by atoms with Gasteiger partial charge in [0.2, 0.25) is 11.8 Å². The van der Waals surface area contributed by atoms with Crippen molar-refractivity contribution in [3.05, 3.63) is 64.7 Å². The number of rotatable bonds is 14. The van der Waals surface area contributed by atoms with E-state index < -0.39 is 0 Å². The van der Waals surface area contributed by atoms with Crippen LogP contribution in [0.4, 0.5) is 5.13 Å². The Morgan fingerprint density at radius 2 is 1.68 bits per heavy atom. The molecule has 0 aliphatic rings. The van der Waals surface area contributed by atoms with Gasteiger partial charge in [-0.1, -0.05) is 19.9 Å². The van der Waals surface area contributed by atoms with Gasteiger partial charge in [-0.25, -0.2) is 4.98 Å². The largest absolute Gasteiger partial charge is 0.497 e. The summed E-state index contributed by atoms with van der Waals surface area (Å²) in [6, 6.07) is 12.5. The Morgan fingerprint density at radius 1 is 0.976 bits per heavy atom. The van der Waals surface area contributed by atoms with Crippen molar-refractivity contribution >= 4 is 34.2 Å². The minimum atomic E-state index is -0.355. The van der Waals surface area contributed by atoms with E-state index in [2.05, 4.69) is 10.3 Å². The van der Waals surface area contributed by atoms with Crippen molar-refractivity contribution in [2.75, 3.05) is 53.3 Å². The van der Waals surface area contributed by atoms with Gasteiger partial charge in [0, 0.05) is 31.1 Å². The van der Waals surface area contributed by atoms with Crippen LogP contribution < -0.4 is 19.5 Å². The third kappa shape index (κ3) is 9.21. The van der Waals surface area contributed by atoms with E-state index in [9.17, 15) is 14.4 Å². The molecule has 0 aliphatic carbocycles. The lowest BCUT2D eigenvalue weighted by Crippen LogP contribution is -2.40. The lowest BCUT2D eigenvalue weighted by molar-refractivity contribution is -0.129. The first kappa shape index (κ1) is 31.4. The van der Waals surface area contributed by atoms with E-state index in [0.29, 0.717) is 53.1 Å². The van der Waals surface area contributed by atoms with Crippen LogP contribution in [-0.4, -0.2) is 80.5 Å². The SMILES string of the molecule is COc1ccc(C(=O)N(CC(=O)Nc2nc(CC(=O)N(C)CCc3ccc(OC)c(OC)c3)cs2)CC(C)C)cc1. The van der Waals surface area contributed by atoms with Gasteiger partial charge in [-0.3, -0.25) is 14.4 Å². The van der Waals surface area contributed by atoms with Gasteiger partial charge in [0.05, 0.1) is 33.4 Å². The Bertz CT molecular complexity index is 1320. The van der Waals surface area contributed by atoms with Crippen molar-refractivity contribution in [2.24, 2.45) is 5.92 Å². The van der Waals surface area contributed by atoms with E-state index in [-0.39, 0.29) is 36.6 Å². The predicted octanol–water partition coefficient (Wildman–Crippen LogP) is 4.15. The minimum absolute atomic E-state index is 0.0816. The summed E-state index contributed by atoms with van der Waals surface area (Å²) >= 11 is 1.24. The molecule has 0 spiro atoms. The highest BCUT2D eigenvalue weighted by molar-refractivity contribution is 7.13. The molecule has 0 bridgehead atoms. The first-order valence-corrected chi connectivity index (χ1v) is 14.1. The molecule has 41 heavy (non-hydrogen) atoms. The number of benzene rings is 2. The molecule has 0 fully saturated rings. The molecule has 0 aliphatic heterocycles. The Hall–Kier alpha value is -4.12. The molecule has 1 aromatic heterocycles. The fourth-order valence-corrected chi connectivity index (χ4v) is 4.83. The molecule has 2 aromatic carbocycles. The van der Waals surface area contributed by atoms with E-state index in [0.717, 1.165) is 5.56 Å². The Morgan fingerprint density at radius 3 is 2.32 bits per heavy atom. The number of hydrogen-bond donors (Lipinski definition) is 1. The monoisotopic (exact) mass is 582 g/mol. The van der Waals surface area contributed by atoms with Crippen LogP contribution in [0.2, 0.25) is 0 Å². The van der Waals surface area contributed by atoms with Crippen molar-refractivity contribution < 1.29 is 28.6 Å². The van der Waals surface area contributed by atoms with Gasteiger partial charge < -0.3 is 29.3 Å². The summed E-state index contributed by atoms with van der Waals surface area (Å²) in [5, 5.41) is 4.90. The van der Waals surface area contributed by atoms with Gasteiger partial charge >= 0.3 is 0 Å². The standard InChI is InChI=1S/C30H38N4O6S/c1-20(2)17-34(29(37)22-8-10-24(38-4)11-9-22)18-27(35)32-30-31-23(19-41-30)16-28(36)33(3)14-13-21-7-12-25(39-5)26(15-21)40-6/h7-12,15,19-20H,13-14,16-18H2,1-6H3,(H,31,32,35). The molecule has 220 valence electrons. The number of amides is 3. The van der Waals surface area contributed by atoms with Gasteiger partial charge in [-0.15, -0.1) is 11.3 Å². The highest BCUT2D eigenvalue weighted by Crippen LogP contribution is 2.27. The summed E-state index contributed by atoms with van der Waals surface area (Å²) in [7, 11) is 6.49. The summed E-state index contributed by atoms with van der Waals surface area (Å²) in [5.41, 5.74) is 2.07. The number of nitrogens with one attached hydrogen (secondary N) is 1. The molecule has 3 amide bonds. The Kier molecular flexibility index (Phi) is 11.5. The number of hydrogen-bond acceptors (Lipinski definition) is 8. The van der Waals surface area contributed by atoms with Crippen LogP contribution in [0.5, 0.6) is 17.2 Å². The Balaban J connectivity index is 1.53. The van der Waals surface area contributed by atoms with Crippen molar-refractivity contribution in [3.63, 3.8) is 0 Å². The maximum absolute atomic E-state index is 13.1. The van der Waals surface area contributed by atoms with Gasteiger partial charge in [-0.05, 0) is 54.3 Å². The number of ether oxygens (including phenoxy) is 3. The number of nitrogens with zero attached hydrogens (tertiary/aromatic N) is 3. The summed E-state index contributed by atoms with van der Waals surface area (Å²) in [6.07, 6.45) is 0.771. The van der Waals surface area contributed by atoms with Crippen molar-refractivity contribution in [3.8, 4) is 17.2 Å². The van der Waals surface area contributed by atoms with Gasteiger partial charge in [0.25, 0.3) is 5.91 Å². The number of likely N-dealkylation sites (N-methyl/N-ethyl adjacent to an activating group) is 1. The van der Waals surface area contributed by atoms with E-state index in [1.807, 2.05) is 32.0 Å². The molecule has 3 aromatic rings. The summed E-state index contributed by atoms with van der Waals surface area (Å²) in [4.78, 5) is 46.3. The second-order valence-corrected chi connectivity index (χ2v) is 10.8. The quantitative estimate of drug-likeness (QED) is 0.304. The van der Waals surface area contributed by atoms with Crippen molar-refractivity contribution in [2.45, 2.75) is 26.7 Å². The third-order valence-corrected chi connectivity index (χ3v) is 7.09. The average molecular weight is 583 g/mol. The maximum Gasteiger partial charge on any atom is 0.254 e. The van der Waals surface area contributed by atoms with E-state index in [1.165, 1.54) is 16.2 Å². The molecule has 0 atom stereocenters. The predicted molar refractivity (Wildman–Crippen MR) is 159 cm³/mol. The first-order chi connectivity index (χ1) is 19.6.